The minimum Gasteiger partial charge on any atom is -0.491 e. The number of hydrogen-bond acceptors (Lipinski definition) is 6. The number of fused-ring (bicyclic) bond motifs is 1. The molecule has 35 heavy (non-hydrogen) atoms. The third-order valence-corrected chi connectivity index (χ3v) is 6.60. The maximum absolute atomic E-state index is 13.7. The highest BCUT2D eigenvalue weighted by Crippen LogP contribution is 2.31. The number of benzene rings is 1. The second kappa shape index (κ2) is 10.1. The number of esters is 1. The fourth-order valence-electron chi connectivity index (χ4n) is 4.73. The number of ether oxygens (including phenoxy) is 2. The van der Waals surface area contributed by atoms with Gasteiger partial charge in [-0.2, -0.15) is 5.10 Å². The summed E-state index contributed by atoms with van der Waals surface area (Å²) in [5.41, 5.74) is 0.00948. The Morgan fingerprint density at radius 1 is 1.20 bits per heavy atom. The molecule has 0 saturated heterocycles. The molecule has 2 amide bonds. The molecule has 2 heterocycles. The van der Waals surface area contributed by atoms with Crippen LogP contribution in [0.25, 0.3) is 0 Å². The molecule has 1 aliphatic carbocycles. The van der Waals surface area contributed by atoms with Crippen molar-refractivity contribution in [2.24, 2.45) is 0 Å². The number of carbonyl (C=O) groups excluding carboxylic acids is 3. The van der Waals surface area contributed by atoms with Crippen LogP contribution in [-0.4, -0.2) is 56.8 Å². The van der Waals surface area contributed by atoms with Gasteiger partial charge in [-0.05, 0) is 58.2 Å². The molecule has 0 unspecified atom stereocenters. The maximum atomic E-state index is 13.7. The smallest absolute Gasteiger partial charge is 0.358 e. The molecule has 1 N–H and O–H groups in total. The molecule has 9 heteroatoms. The third-order valence-electron chi connectivity index (χ3n) is 6.60. The predicted octanol–water partition coefficient (Wildman–Crippen LogP) is 3.32. The second-order valence-electron chi connectivity index (χ2n) is 9.72. The minimum atomic E-state index is -1.18. The average Bonchev–Trinajstić information content (AvgIpc) is 3.47. The van der Waals surface area contributed by atoms with Gasteiger partial charge in [-0.1, -0.05) is 25.0 Å². The van der Waals surface area contributed by atoms with Crippen LogP contribution in [-0.2, 0) is 22.6 Å². The summed E-state index contributed by atoms with van der Waals surface area (Å²) >= 11 is 0. The number of hydrogen-bond donors (Lipinski definition) is 1. The maximum Gasteiger partial charge on any atom is 0.358 e. The van der Waals surface area contributed by atoms with Gasteiger partial charge < -0.3 is 19.7 Å². The summed E-state index contributed by atoms with van der Waals surface area (Å²) in [6.07, 6.45) is 4.10. The van der Waals surface area contributed by atoms with Crippen molar-refractivity contribution in [3.8, 4) is 5.75 Å². The van der Waals surface area contributed by atoms with Crippen molar-refractivity contribution in [1.82, 2.24) is 20.0 Å². The average molecular weight is 483 g/mol. The summed E-state index contributed by atoms with van der Waals surface area (Å²) in [5, 5.41) is 7.46. The molecular weight excluding hydrogens is 448 g/mol. The third kappa shape index (κ3) is 5.18. The van der Waals surface area contributed by atoms with E-state index in [1.54, 1.807) is 18.7 Å². The molecule has 1 aromatic carbocycles. The number of aromatic nitrogens is 2. The zero-order valence-electron chi connectivity index (χ0n) is 20.9. The van der Waals surface area contributed by atoms with E-state index in [0.29, 0.717) is 0 Å². The van der Waals surface area contributed by atoms with Crippen molar-refractivity contribution < 1.29 is 23.9 Å². The van der Waals surface area contributed by atoms with Crippen LogP contribution < -0.4 is 10.1 Å². The van der Waals surface area contributed by atoms with E-state index in [2.05, 4.69) is 10.4 Å². The quantitative estimate of drug-likeness (QED) is 0.579. The zero-order chi connectivity index (χ0) is 25.2. The van der Waals surface area contributed by atoms with E-state index in [4.69, 9.17) is 9.47 Å². The van der Waals surface area contributed by atoms with Crippen molar-refractivity contribution in [1.29, 1.82) is 0 Å². The number of nitrogens with zero attached hydrogens (tertiary/aromatic N) is 3. The predicted molar refractivity (Wildman–Crippen MR) is 129 cm³/mol. The molecule has 4 rings (SSSR count). The summed E-state index contributed by atoms with van der Waals surface area (Å²) in [4.78, 5) is 41.1. The molecule has 1 aromatic heterocycles. The van der Waals surface area contributed by atoms with Gasteiger partial charge in [0, 0.05) is 18.7 Å². The Hall–Kier alpha value is -3.36. The molecule has 9 nitrogen and oxygen atoms in total. The Labute approximate surface area is 205 Å². The highest BCUT2D eigenvalue weighted by molar-refractivity contribution is 6.01. The second-order valence-corrected chi connectivity index (χ2v) is 9.72. The van der Waals surface area contributed by atoms with Gasteiger partial charge in [-0.25, -0.2) is 4.79 Å². The molecule has 0 spiro atoms. The molecule has 188 valence electrons. The van der Waals surface area contributed by atoms with Gasteiger partial charge in [0.1, 0.15) is 17.0 Å². The summed E-state index contributed by atoms with van der Waals surface area (Å²) < 4.78 is 12.2. The topological polar surface area (TPSA) is 103 Å². The van der Waals surface area contributed by atoms with E-state index in [9.17, 15) is 14.4 Å². The largest absolute Gasteiger partial charge is 0.491 e. The van der Waals surface area contributed by atoms with Crippen LogP contribution in [0.5, 0.6) is 5.75 Å². The number of rotatable bonds is 8. The number of nitrogens with one attached hydrogen (secondary N) is 1. The SMILES string of the molecule is CCOC(=O)c1cc2n(n1)C[C@@](C)(C(=O)NC1CCCC1)N(Cc1ccc(OC(C)C)cc1)C2=O. The van der Waals surface area contributed by atoms with Crippen LogP contribution in [0.15, 0.2) is 30.3 Å². The van der Waals surface area contributed by atoms with Crippen LogP contribution in [0.2, 0.25) is 0 Å². The van der Waals surface area contributed by atoms with Crippen molar-refractivity contribution >= 4 is 17.8 Å². The van der Waals surface area contributed by atoms with Gasteiger partial charge in [0.2, 0.25) is 5.91 Å². The van der Waals surface area contributed by atoms with Crippen LogP contribution in [0.3, 0.4) is 0 Å². The monoisotopic (exact) mass is 482 g/mol. The molecule has 1 fully saturated rings. The first-order valence-electron chi connectivity index (χ1n) is 12.3. The molecule has 2 aromatic rings. The Balaban J connectivity index is 1.65. The van der Waals surface area contributed by atoms with Crippen LogP contribution in [0, 0.1) is 0 Å². The van der Waals surface area contributed by atoms with Crippen molar-refractivity contribution in [2.75, 3.05) is 6.61 Å². The van der Waals surface area contributed by atoms with Gasteiger partial charge in [0.05, 0.1) is 19.3 Å². The van der Waals surface area contributed by atoms with Crippen molar-refractivity contribution in [3.63, 3.8) is 0 Å². The molecule has 1 saturated carbocycles. The van der Waals surface area contributed by atoms with Gasteiger partial charge in [0.25, 0.3) is 5.91 Å². The van der Waals surface area contributed by atoms with E-state index < -0.39 is 11.5 Å². The number of carbonyl (C=O) groups is 3. The Kier molecular flexibility index (Phi) is 7.14. The van der Waals surface area contributed by atoms with Crippen molar-refractivity contribution in [3.05, 3.63) is 47.3 Å². The first kappa shape index (κ1) is 24.8. The lowest BCUT2D eigenvalue weighted by Crippen LogP contribution is -2.64. The van der Waals surface area contributed by atoms with Crippen LogP contribution >= 0.6 is 0 Å². The van der Waals surface area contributed by atoms with Gasteiger partial charge >= 0.3 is 5.97 Å². The normalized spacial score (nSPS) is 20.1. The van der Waals surface area contributed by atoms with E-state index in [1.165, 1.54) is 10.7 Å². The molecular formula is C26H34N4O5. The van der Waals surface area contributed by atoms with Gasteiger partial charge in [-0.15, -0.1) is 0 Å². The van der Waals surface area contributed by atoms with E-state index >= 15 is 0 Å². The van der Waals surface area contributed by atoms with E-state index in [-0.39, 0.29) is 55.0 Å². The number of amides is 2. The van der Waals surface area contributed by atoms with Crippen molar-refractivity contribution in [2.45, 2.75) is 84.2 Å². The fraction of sp³-hybridized carbons (Fsp3) is 0.538. The van der Waals surface area contributed by atoms with Gasteiger partial charge in [-0.3, -0.25) is 14.3 Å². The zero-order valence-corrected chi connectivity index (χ0v) is 20.9. The lowest BCUT2D eigenvalue weighted by Gasteiger charge is -2.43. The molecule has 1 atom stereocenters. The molecule has 0 bridgehead atoms. The van der Waals surface area contributed by atoms with E-state index in [1.807, 2.05) is 38.1 Å². The van der Waals surface area contributed by atoms with Crippen LogP contribution in [0.1, 0.15) is 79.9 Å². The Morgan fingerprint density at radius 2 is 1.89 bits per heavy atom. The summed E-state index contributed by atoms with van der Waals surface area (Å²) in [5.74, 6) is -0.415. The summed E-state index contributed by atoms with van der Waals surface area (Å²) in [6, 6.07) is 9.08. The highest BCUT2D eigenvalue weighted by Gasteiger charge is 2.48. The first-order valence-corrected chi connectivity index (χ1v) is 12.3. The Bertz CT molecular complexity index is 1090. The molecule has 2 aliphatic rings. The lowest BCUT2D eigenvalue weighted by molar-refractivity contribution is -0.134. The highest BCUT2D eigenvalue weighted by atomic mass is 16.5. The fourth-order valence-corrected chi connectivity index (χ4v) is 4.73. The van der Waals surface area contributed by atoms with Crippen LogP contribution in [0.4, 0.5) is 0 Å². The van der Waals surface area contributed by atoms with E-state index in [0.717, 1.165) is 37.0 Å². The standard InChI is InChI=1S/C26H34N4O5/c1-5-34-24(32)21-14-22-23(31)29(15-18-10-12-20(13-11-18)35-17(2)3)26(4,16-30(22)28-21)25(33)27-19-8-6-7-9-19/h10-14,17,19H,5-9,15-16H2,1-4H3,(H,27,33)/t26-/m0/s1. The minimum absolute atomic E-state index is 0.0565. The van der Waals surface area contributed by atoms with Gasteiger partial charge in [0.15, 0.2) is 5.69 Å². The lowest BCUT2D eigenvalue weighted by atomic mass is 9.93. The molecule has 1 aliphatic heterocycles. The Morgan fingerprint density at radius 3 is 2.51 bits per heavy atom. The summed E-state index contributed by atoms with van der Waals surface area (Å²) in [7, 11) is 0. The first-order chi connectivity index (χ1) is 16.7. The molecule has 0 radical (unpaired) electrons. The summed E-state index contributed by atoms with van der Waals surface area (Å²) in [6.45, 7) is 7.97.